The molecule has 0 aliphatic heterocycles. The van der Waals surface area contributed by atoms with Gasteiger partial charge in [0.1, 0.15) is 18.0 Å². The van der Waals surface area contributed by atoms with Gasteiger partial charge in [-0.2, -0.15) is 0 Å². The molecule has 0 aliphatic rings. The summed E-state index contributed by atoms with van der Waals surface area (Å²) >= 11 is 3.21. The number of aliphatic imine (C=N–C) groups is 1. The van der Waals surface area contributed by atoms with Crippen molar-refractivity contribution in [1.82, 2.24) is 9.97 Å². The summed E-state index contributed by atoms with van der Waals surface area (Å²) in [6.45, 7) is 6.97. The van der Waals surface area contributed by atoms with Crippen LogP contribution in [-0.2, 0) is 0 Å². The van der Waals surface area contributed by atoms with Crippen molar-refractivity contribution in [3.8, 4) is 0 Å². The zero-order chi connectivity index (χ0) is 17.3. The van der Waals surface area contributed by atoms with Crippen molar-refractivity contribution in [3.63, 3.8) is 0 Å². The standard InChI is InChI=1S/C17H11BrF2N4/c1-3-10-12(21-2)4-5-13(16(10)20)24-17-15-11(19)6-9(18)7-14(15)22-8-23-17/h3-8H,1-2H2,(H,22,23,24). The molecule has 0 spiro atoms. The number of aromatic nitrogens is 2. The highest BCUT2D eigenvalue weighted by Crippen LogP contribution is 2.32. The van der Waals surface area contributed by atoms with E-state index in [1.165, 1.54) is 24.5 Å². The lowest BCUT2D eigenvalue weighted by molar-refractivity contribution is 0.629. The Labute approximate surface area is 145 Å². The fourth-order valence-corrected chi connectivity index (χ4v) is 2.76. The van der Waals surface area contributed by atoms with E-state index in [1.807, 2.05) is 0 Å². The second kappa shape index (κ2) is 6.45. The third kappa shape index (κ3) is 2.78. The number of benzene rings is 2. The molecule has 1 N–H and O–H groups in total. The second-order valence-corrected chi connectivity index (χ2v) is 5.77. The Kier molecular flexibility index (Phi) is 4.35. The summed E-state index contributed by atoms with van der Waals surface area (Å²) in [6.07, 6.45) is 2.63. The van der Waals surface area contributed by atoms with Gasteiger partial charge in [0.15, 0.2) is 5.82 Å². The number of anilines is 2. The highest BCUT2D eigenvalue weighted by molar-refractivity contribution is 9.10. The van der Waals surface area contributed by atoms with Crippen molar-refractivity contribution in [2.45, 2.75) is 0 Å². The molecule has 2 aromatic carbocycles. The first-order valence-electron chi connectivity index (χ1n) is 6.83. The van der Waals surface area contributed by atoms with E-state index in [9.17, 15) is 8.78 Å². The zero-order valence-corrected chi connectivity index (χ0v) is 13.9. The zero-order valence-electron chi connectivity index (χ0n) is 12.4. The molecule has 0 atom stereocenters. The minimum atomic E-state index is -0.570. The van der Waals surface area contributed by atoms with Gasteiger partial charge in [-0.25, -0.2) is 18.7 Å². The summed E-state index contributed by atoms with van der Waals surface area (Å²) in [5.41, 5.74) is 1.10. The maximum absolute atomic E-state index is 14.6. The van der Waals surface area contributed by atoms with Crippen LogP contribution >= 0.6 is 15.9 Å². The molecule has 4 nitrogen and oxygen atoms in total. The number of nitrogens with one attached hydrogen (secondary N) is 1. The molecule has 0 amide bonds. The Balaban J connectivity index is 2.15. The Morgan fingerprint density at radius 2 is 2.00 bits per heavy atom. The van der Waals surface area contributed by atoms with Crippen molar-refractivity contribution >= 4 is 56.8 Å². The summed E-state index contributed by atoms with van der Waals surface area (Å²) in [5.74, 6) is -0.923. The number of hydrogen-bond donors (Lipinski definition) is 1. The topological polar surface area (TPSA) is 50.2 Å². The minimum Gasteiger partial charge on any atom is -0.337 e. The first kappa shape index (κ1) is 16.2. The van der Waals surface area contributed by atoms with E-state index < -0.39 is 11.6 Å². The SMILES string of the molecule is C=Cc1c(N=C)ccc(Nc2ncnc3cc(Br)cc(F)c23)c1F. The van der Waals surface area contributed by atoms with Gasteiger partial charge in [0.25, 0.3) is 0 Å². The molecule has 0 unspecified atom stereocenters. The van der Waals surface area contributed by atoms with E-state index in [1.54, 1.807) is 12.1 Å². The molecule has 3 aromatic rings. The minimum absolute atomic E-state index is 0.125. The first-order chi connectivity index (χ1) is 11.5. The molecule has 0 aliphatic carbocycles. The smallest absolute Gasteiger partial charge is 0.156 e. The molecule has 24 heavy (non-hydrogen) atoms. The second-order valence-electron chi connectivity index (χ2n) is 4.85. The summed E-state index contributed by atoms with van der Waals surface area (Å²) in [7, 11) is 0. The average Bonchev–Trinajstić information content (AvgIpc) is 2.56. The highest BCUT2D eigenvalue weighted by atomic mass is 79.9. The monoisotopic (exact) mass is 388 g/mol. The average molecular weight is 389 g/mol. The van der Waals surface area contributed by atoms with Gasteiger partial charge in [-0.3, -0.25) is 4.99 Å². The fourth-order valence-electron chi connectivity index (χ4n) is 2.34. The first-order valence-corrected chi connectivity index (χ1v) is 7.63. The van der Waals surface area contributed by atoms with Crippen molar-refractivity contribution in [2.75, 3.05) is 5.32 Å². The number of rotatable bonds is 4. The van der Waals surface area contributed by atoms with Crippen LogP contribution in [-0.4, -0.2) is 16.7 Å². The van der Waals surface area contributed by atoms with Crippen LogP contribution in [0.15, 0.2) is 46.6 Å². The van der Waals surface area contributed by atoms with E-state index in [2.05, 4.69) is 49.5 Å². The van der Waals surface area contributed by atoms with Gasteiger partial charge in [0, 0.05) is 10.0 Å². The largest absolute Gasteiger partial charge is 0.337 e. The fraction of sp³-hybridized carbons (Fsp3) is 0. The molecular weight excluding hydrogens is 378 g/mol. The predicted octanol–water partition coefficient (Wildman–Crippen LogP) is 5.39. The van der Waals surface area contributed by atoms with Crippen LogP contribution < -0.4 is 5.32 Å². The van der Waals surface area contributed by atoms with Crippen LogP contribution in [0.4, 0.5) is 26.0 Å². The lowest BCUT2D eigenvalue weighted by Crippen LogP contribution is -2.01. The molecule has 7 heteroatoms. The van der Waals surface area contributed by atoms with Gasteiger partial charge in [-0.15, -0.1) is 0 Å². The lowest BCUT2D eigenvalue weighted by Gasteiger charge is -2.12. The Morgan fingerprint density at radius 3 is 2.71 bits per heavy atom. The van der Waals surface area contributed by atoms with E-state index in [-0.39, 0.29) is 22.5 Å². The molecule has 0 saturated heterocycles. The normalized spacial score (nSPS) is 10.6. The van der Waals surface area contributed by atoms with Gasteiger partial charge in [-0.1, -0.05) is 28.6 Å². The van der Waals surface area contributed by atoms with Crippen LogP contribution in [0.3, 0.4) is 0 Å². The van der Waals surface area contributed by atoms with E-state index in [0.29, 0.717) is 15.7 Å². The highest BCUT2D eigenvalue weighted by Gasteiger charge is 2.15. The summed E-state index contributed by atoms with van der Waals surface area (Å²) in [5, 5.41) is 2.98. The lowest BCUT2D eigenvalue weighted by atomic mass is 10.1. The van der Waals surface area contributed by atoms with Gasteiger partial charge in [0.2, 0.25) is 0 Å². The number of nitrogens with zero attached hydrogens (tertiary/aromatic N) is 3. The number of hydrogen-bond acceptors (Lipinski definition) is 4. The Morgan fingerprint density at radius 1 is 1.21 bits per heavy atom. The third-order valence-corrected chi connectivity index (χ3v) is 3.90. The molecule has 0 fully saturated rings. The van der Waals surface area contributed by atoms with Crippen molar-refractivity contribution in [1.29, 1.82) is 0 Å². The Hall–Kier alpha value is -2.67. The molecule has 1 heterocycles. The predicted molar refractivity (Wildman–Crippen MR) is 96.2 cm³/mol. The molecule has 3 rings (SSSR count). The maximum atomic E-state index is 14.6. The van der Waals surface area contributed by atoms with Gasteiger partial charge >= 0.3 is 0 Å². The van der Waals surface area contributed by atoms with Gasteiger partial charge < -0.3 is 5.32 Å². The van der Waals surface area contributed by atoms with Crippen LogP contribution in [0.5, 0.6) is 0 Å². The number of fused-ring (bicyclic) bond motifs is 1. The quantitative estimate of drug-likeness (QED) is 0.609. The molecule has 1 aromatic heterocycles. The number of halogens is 3. The molecular formula is C17H11BrF2N4. The summed E-state index contributed by atoms with van der Waals surface area (Å²) in [6, 6.07) is 6.03. The van der Waals surface area contributed by atoms with Crippen molar-refractivity contribution in [2.24, 2.45) is 4.99 Å². The van der Waals surface area contributed by atoms with Crippen LogP contribution in [0.25, 0.3) is 17.0 Å². The van der Waals surface area contributed by atoms with Crippen molar-refractivity contribution in [3.05, 3.63) is 58.8 Å². The Bertz CT molecular complexity index is 972. The van der Waals surface area contributed by atoms with Crippen LogP contribution in [0.1, 0.15) is 5.56 Å². The molecule has 0 saturated carbocycles. The van der Waals surface area contributed by atoms with E-state index in [4.69, 9.17) is 0 Å². The van der Waals surface area contributed by atoms with Crippen molar-refractivity contribution < 1.29 is 8.78 Å². The molecule has 0 radical (unpaired) electrons. The third-order valence-electron chi connectivity index (χ3n) is 3.44. The van der Waals surface area contributed by atoms with Crippen LogP contribution in [0.2, 0.25) is 0 Å². The maximum Gasteiger partial charge on any atom is 0.156 e. The van der Waals surface area contributed by atoms with Gasteiger partial charge in [0.05, 0.1) is 22.3 Å². The molecule has 0 bridgehead atoms. The van der Waals surface area contributed by atoms with E-state index in [0.717, 1.165) is 0 Å². The van der Waals surface area contributed by atoms with E-state index >= 15 is 0 Å². The van der Waals surface area contributed by atoms with Gasteiger partial charge in [-0.05, 0) is 31.0 Å². The summed E-state index contributed by atoms with van der Waals surface area (Å²) < 4.78 is 29.5. The molecule has 120 valence electrons. The van der Waals surface area contributed by atoms with Crippen LogP contribution in [0, 0.1) is 11.6 Å². The summed E-state index contributed by atoms with van der Waals surface area (Å²) in [4.78, 5) is 11.8.